The highest BCUT2D eigenvalue weighted by molar-refractivity contribution is 6.33. The fourth-order valence-corrected chi connectivity index (χ4v) is 2.56. The van der Waals surface area contributed by atoms with E-state index in [1.165, 1.54) is 6.33 Å². The first-order chi connectivity index (χ1) is 9.75. The Morgan fingerprint density at radius 3 is 3.10 bits per heavy atom. The first-order valence-corrected chi connectivity index (χ1v) is 6.81. The van der Waals surface area contributed by atoms with E-state index in [0.717, 1.165) is 19.4 Å². The fourth-order valence-electron chi connectivity index (χ4n) is 2.30. The molecule has 1 aromatic heterocycles. The zero-order valence-corrected chi connectivity index (χ0v) is 11.5. The van der Waals surface area contributed by atoms with Gasteiger partial charge in [-0.1, -0.05) is 17.7 Å². The molecule has 1 saturated heterocycles. The number of para-hydroxylation sites is 1. The average Bonchev–Trinajstić information content (AvgIpc) is 3.12. The average molecular weight is 292 g/mol. The molecule has 1 atom stereocenters. The molecular weight excluding hydrogens is 278 g/mol. The van der Waals surface area contributed by atoms with Crippen molar-refractivity contribution >= 4 is 23.2 Å². The minimum Gasteiger partial charge on any atom is -0.323 e. The standard InChI is InChI=1S/C13H14ClN5O/c14-9-3-1-4-10(12(9)19-8-15-7-17-19)18-13(20)11-5-2-6-16-11/h1,3-4,7-8,11,16H,2,5-6H2,(H,18,20)/t11-/m1/s1. The lowest BCUT2D eigenvalue weighted by atomic mass is 10.2. The van der Waals surface area contributed by atoms with E-state index in [-0.39, 0.29) is 11.9 Å². The minimum absolute atomic E-state index is 0.0499. The largest absolute Gasteiger partial charge is 0.323 e. The van der Waals surface area contributed by atoms with Gasteiger partial charge in [-0.3, -0.25) is 4.79 Å². The smallest absolute Gasteiger partial charge is 0.241 e. The Bertz CT molecular complexity index is 607. The summed E-state index contributed by atoms with van der Waals surface area (Å²) >= 11 is 6.21. The summed E-state index contributed by atoms with van der Waals surface area (Å²) in [6.07, 6.45) is 4.84. The summed E-state index contributed by atoms with van der Waals surface area (Å²) in [7, 11) is 0. The van der Waals surface area contributed by atoms with Gasteiger partial charge < -0.3 is 10.6 Å². The Kier molecular flexibility index (Phi) is 3.66. The number of anilines is 1. The van der Waals surface area contributed by atoms with Gasteiger partial charge in [0.2, 0.25) is 5.91 Å². The molecule has 2 heterocycles. The van der Waals surface area contributed by atoms with Gasteiger partial charge >= 0.3 is 0 Å². The van der Waals surface area contributed by atoms with Gasteiger partial charge in [-0.05, 0) is 31.5 Å². The second-order valence-corrected chi connectivity index (χ2v) is 5.02. The van der Waals surface area contributed by atoms with E-state index in [2.05, 4.69) is 20.7 Å². The Morgan fingerprint density at radius 1 is 1.50 bits per heavy atom. The van der Waals surface area contributed by atoms with Crippen molar-refractivity contribution in [2.24, 2.45) is 0 Å². The van der Waals surface area contributed by atoms with E-state index in [9.17, 15) is 4.79 Å². The molecule has 104 valence electrons. The zero-order chi connectivity index (χ0) is 13.9. The van der Waals surface area contributed by atoms with Crippen LogP contribution in [0.5, 0.6) is 0 Å². The van der Waals surface area contributed by atoms with Crippen molar-refractivity contribution < 1.29 is 4.79 Å². The van der Waals surface area contributed by atoms with E-state index >= 15 is 0 Å². The molecule has 0 unspecified atom stereocenters. The number of amides is 1. The van der Waals surface area contributed by atoms with Gasteiger partial charge in [0.1, 0.15) is 18.3 Å². The predicted octanol–water partition coefficient (Wildman–Crippen LogP) is 1.61. The van der Waals surface area contributed by atoms with Gasteiger partial charge in [0.25, 0.3) is 0 Å². The van der Waals surface area contributed by atoms with Crippen LogP contribution in [0.3, 0.4) is 0 Å². The van der Waals surface area contributed by atoms with Crippen molar-refractivity contribution in [3.63, 3.8) is 0 Å². The highest BCUT2D eigenvalue weighted by Gasteiger charge is 2.23. The Morgan fingerprint density at radius 2 is 2.40 bits per heavy atom. The molecule has 1 fully saturated rings. The number of aromatic nitrogens is 3. The first-order valence-electron chi connectivity index (χ1n) is 6.43. The lowest BCUT2D eigenvalue weighted by molar-refractivity contribution is -0.117. The van der Waals surface area contributed by atoms with Crippen molar-refractivity contribution in [1.29, 1.82) is 0 Å². The molecule has 3 rings (SSSR count). The number of benzene rings is 1. The monoisotopic (exact) mass is 291 g/mol. The first kappa shape index (κ1) is 13.1. The predicted molar refractivity (Wildman–Crippen MR) is 76.0 cm³/mol. The normalized spacial score (nSPS) is 18.1. The van der Waals surface area contributed by atoms with Gasteiger partial charge in [-0.2, -0.15) is 5.10 Å². The summed E-state index contributed by atoms with van der Waals surface area (Å²) in [4.78, 5) is 16.1. The number of carbonyl (C=O) groups excluding carboxylic acids is 1. The Balaban J connectivity index is 1.89. The van der Waals surface area contributed by atoms with E-state index in [4.69, 9.17) is 11.6 Å². The lowest BCUT2D eigenvalue weighted by Crippen LogP contribution is -2.35. The fraction of sp³-hybridized carbons (Fsp3) is 0.308. The summed E-state index contributed by atoms with van der Waals surface area (Å²) in [5, 5.41) is 10.6. The molecule has 0 saturated carbocycles. The number of hydrogen-bond acceptors (Lipinski definition) is 4. The van der Waals surface area contributed by atoms with Crippen LogP contribution in [-0.4, -0.2) is 33.3 Å². The van der Waals surface area contributed by atoms with Crippen LogP contribution >= 0.6 is 11.6 Å². The molecule has 1 aliphatic rings. The summed E-state index contributed by atoms with van der Waals surface area (Å²) in [6.45, 7) is 0.879. The minimum atomic E-state index is -0.141. The number of hydrogen-bond donors (Lipinski definition) is 2. The SMILES string of the molecule is O=C(Nc1cccc(Cl)c1-n1cncn1)[C@H]1CCCN1. The molecule has 2 N–H and O–H groups in total. The number of nitrogens with zero attached hydrogens (tertiary/aromatic N) is 3. The van der Waals surface area contributed by atoms with E-state index in [0.29, 0.717) is 16.4 Å². The van der Waals surface area contributed by atoms with Crippen LogP contribution in [0.25, 0.3) is 5.69 Å². The van der Waals surface area contributed by atoms with Gasteiger partial charge in [0.15, 0.2) is 0 Å². The summed E-state index contributed by atoms with van der Waals surface area (Å²) < 4.78 is 1.54. The topological polar surface area (TPSA) is 71.8 Å². The van der Waals surface area contributed by atoms with Gasteiger partial charge in [0, 0.05) is 0 Å². The molecule has 0 bridgehead atoms. The number of nitrogens with one attached hydrogen (secondary N) is 2. The molecular formula is C13H14ClN5O. The third-order valence-corrected chi connectivity index (χ3v) is 3.57. The molecule has 20 heavy (non-hydrogen) atoms. The summed E-state index contributed by atoms with van der Waals surface area (Å²) in [6, 6.07) is 5.20. The molecule has 0 aliphatic carbocycles. The van der Waals surface area contributed by atoms with Crippen LogP contribution in [0.2, 0.25) is 5.02 Å². The highest BCUT2D eigenvalue weighted by atomic mass is 35.5. The summed E-state index contributed by atoms with van der Waals surface area (Å²) in [5.74, 6) is -0.0499. The van der Waals surface area contributed by atoms with Gasteiger partial charge in [-0.25, -0.2) is 9.67 Å². The molecule has 1 amide bonds. The van der Waals surface area contributed by atoms with Crippen molar-refractivity contribution in [1.82, 2.24) is 20.1 Å². The molecule has 1 aromatic carbocycles. The Labute approximate surface area is 121 Å². The van der Waals surface area contributed by atoms with Crippen molar-refractivity contribution in [3.8, 4) is 5.69 Å². The van der Waals surface area contributed by atoms with Gasteiger partial charge in [-0.15, -0.1) is 0 Å². The van der Waals surface area contributed by atoms with Crippen molar-refractivity contribution in [2.75, 3.05) is 11.9 Å². The van der Waals surface area contributed by atoms with Gasteiger partial charge in [0.05, 0.1) is 16.8 Å². The van der Waals surface area contributed by atoms with E-state index in [1.54, 1.807) is 29.2 Å². The van der Waals surface area contributed by atoms with Crippen molar-refractivity contribution in [2.45, 2.75) is 18.9 Å². The van der Waals surface area contributed by atoms with Crippen LogP contribution in [-0.2, 0) is 4.79 Å². The molecule has 1 aliphatic heterocycles. The second kappa shape index (κ2) is 5.60. The number of carbonyl (C=O) groups is 1. The maximum atomic E-state index is 12.2. The highest BCUT2D eigenvalue weighted by Crippen LogP contribution is 2.28. The van der Waals surface area contributed by atoms with Crippen LogP contribution in [0, 0.1) is 0 Å². The molecule has 0 spiro atoms. The van der Waals surface area contributed by atoms with Crippen LogP contribution < -0.4 is 10.6 Å². The van der Waals surface area contributed by atoms with Crippen LogP contribution in [0.15, 0.2) is 30.9 Å². The zero-order valence-electron chi connectivity index (χ0n) is 10.7. The maximum Gasteiger partial charge on any atom is 0.241 e. The number of rotatable bonds is 3. The van der Waals surface area contributed by atoms with E-state index < -0.39 is 0 Å². The van der Waals surface area contributed by atoms with E-state index in [1.807, 2.05) is 0 Å². The third kappa shape index (κ3) is 2.52. The second-order valence-electron chi connectivity index (χ2n) is 4.61. The van der Waals surface area contributed by atoms with Crippen LogP contribution in [0.1, 0.15) is 12.8 Å². The molecule has 7 heteroatoms. The maximum absolute atomic E-state index is 12.2. The van der Waals surface area contributed by atoms with Crippen LogP contribution in [0.4, 0.5) is 5.69 Å². The molecule has 0 radical (unpaired) electrons. The molecule has 6 nitrogen and oxygen atoms in total. The third-order valence-electron chi connectivity index (χ3n) is 3.27. The molecule has 2 aromatic rings. The quantitative estimate of drug-likeness (QED) is 0.901. The Hall–Kier alpha value is -1.92. The lowest BCUT2D eigenvalue weighted by Gasteiger charge is -2.15. The van der Waals surface area contributed by atoms with Crippen molar-refractivity contribution in [3.05, 3.63) is 35.9 Å². The number of halogens is 1. The summed E-state index contributed by atoms with van der Waals surface area (Å²) in [5.41, 5.74) is 1.25.